The molecule has 38 nitrogen and oxygen atoms in total. The highest BCUT2D eigenvalue weighted by Crippen LogP contribution is 2.12. The summed E-state index contributed by atoms with van der Waals surface area (Å²) >= 11 is 0. The first-order valence-electron chi connectivity index (χ1n) is 25.0. The Labute approximate surface area is 510 Å². The number of urea groups is 6. The molecule has 88 heavy (non-hydrogen) atoms. The molecule has 0 atom stereocenters. The van der Waals surface area contributed by atoms with Gasteiger partial charge in [-0.25, -0.2) is 81.6 Å². The average Bonchev–Trinajstić information content (AvgIpc) is 3.82. The molecule has 0 bridgehead atoms. The summed E-state index contributed by atoms with van der Waals surface area (Å²) in [5.74, 6) is -0.343. The SMILES string of the molecule is CC(=O)NN=C(C)C.CC(C)=NN(C)C(N)=O.CC(C)=NN1CC(=O)NC1=O.CC(C)=NNC(=O)c1ccncc1.CC(C)=NNC(N)=O.CC(N)=NNC(N)=O.CC=NNC(N)=O.CNC(=O)NN=C(C)N.[C-]#[N+]c1ccc(C(=O)NN=C(C)C)cc1. The lowest BCUT2D eigenvalue weighted by Gasteiger charge is -2.05. The van der Waals surface area contributed by atoms with E-state index in [2.05, 4.69) is 111 Å². The standard InChI is InChI=1S/C11H11N3O.C9H11N3O.C6H9N3O2.C5H11N3O.C5H10N2O.C4H10N4O.C4H9N3O.C3H8N4O.C3H7N3O/c1-8(2)13-14-11(15)9-4-6-10(12-3)7-5-9;1-7(2)11-12-9(13)8-3-5-10-6-4-8;1-4(2)8-9-3-5(10)7-6(9)11;1-4(2)7-8(3)5(6)9;1-4(2)6-7-5(3)8;1-3(5)7-8-4(9)6-2;1-3(2)6-7-4(5)8;1-2(4)6-7-3(5)8;1-2-5-6-3(4)7/h4-7H,1-2H3,(H,14,15);3-6H,1-2H3,(H,12,13);3H2,1-2H3,(H,7,10,11);1-3H3,(H2,6,9);1-3H3,(H,7,8);1-2H3,(H2,5,7)(H2,6,8,9);1-2H3,(H3,5,7,8);1H3,(H2,4,6)(H3,5,7,8);2H,1H3,(H3,4,6,7). The first kappa shape index (κ1) is 87.4. The Morgan fingerprint density at radius 3 is 1.23 bits per heavy atom. The van der Waals surface area contributed by atoms with Crippen molar-refractivity contribution in [1.29, 1.82) is 0 Å². The number of nitrogens with two attached hydrogens (primary N) is 6. The Morgan fingerprint density at radius 1 is 0.568 bits per heavy atom. The van der Waals surface area contributed by atoms with Crippen molar-refractivity contribution in [2.24, 2.45) is 80.3 Å². The number of benzene rings is 1. The summed E-state index contributed by atoms with van der Waals surface area (Å²) in [7, 11) is 3.01. The Balaban J connectivity index is -0.000000217. The van der Waals surface area contributed by atoms with E-state index in [1.807, 2.05) is 38.5 Å². The van der Waals surface area contributed by atoms with Crippen molar-refractivity contribution in [2.45, 2.75) is 111 Å². The zero-order chi connectivity index (χ0) is 69.5. The number of amides is 16. The van der Waals surface area contributed by atoms with Gasteiger partial charge in [0.1, 0.15) is 18.2 Å². The number of hydrazone groups is 9. The maximum atomic E-state index is 11.5. The molecule has 0 saturated carbocycles. The van der Waals surface area contributed by atoms with E-state index in [1.54, 1.807) is 118 Å². The predicted molar refractivity (Wildman–Crippen MR) is 340 cm³/mol. The quantitative estimate of drug-likeness (QED) is 0.0506. The molecule has 38 heteroatoms. The number of pyridine rings is 1. The minimum atomic E-state index is -0.713. The van der Waals surface area contributed by atoms with Crippen LogP contribution >= 0.6 is 0 Å². The molecule has 0 spiro atoms. The molecule has 16 amide bonds. The number of nitrogens with zero attached hydrogens (tertiary/aromatic N) is 13. The highest BCUT2D eigenvalue weighted by molar-refractivity contribution is 6.02. The van der Waals surface area contributed by atoms with Gasteiger partial charge < -0.3 is 39.7 Å². The van der Waals surface area contributed by atoms with Crippen LogP contribution in [-0.2, 0) is 9.59 Å². The van der Waals surface area contributed by atoms with Crippen molar-refractivity contribution >= 4 is 118 Å². The molecular weight excluding hydrogens is 1150 g/mol. The Morgan fingerprint density at radius 2 is 0.966 bits per heavy atom. The van der Waals surface area contributed by atoms with Gasteiger partial charge in [0.2, 0.25) is 11.8 Å². The van der Waals surface area contributed by atoms with E-state index in [0.717, 1.165) is 44.3 Å². The zero-order valence-electron chi connectivity index (χ0n) is 52.8. The van der Waals surface area contributed by atoms with E-state index in [9.17, 15) is 47.9 Å². The molecule has 0 aliphatic carbocycles. The summed E-state index contributed by atoms with van der Waals surface area (Å²) in [6.45, 7) is 34.5. The molecule has 1 aromatic heterocycles. The molecule has 0 radical (unpaired) electrons. The van der Waals surface area contributed by atoms with Crippen LogP contribution in [0.15, 0.2) is 94.7 Å². The van der Waals surface area contributed by atoms with Crippen LogP contribution in [0.3, 0.4) is 0 Å². The maximum absolute atomic E-state index is 11.5. The first-order chi connectivity index (χ1) is 40.8. The lowest BCUT2D eigenvalue weighted by atomic mass is 10.2. The summed E-state index contributed by atoms with van der Waals surface area (Å²) in [5.41, 5.74) is 50.5. The van der Waals surface area contributed by atoms with Crippen molar-refractivity contribution in [3.8, 4) is 0 Å². The van der Waals surface area contributed by atoms with Crippen molar-refractivity contribution in [3.63, 3.8) is 0 Å². The number of nitrogens with one attached hydrogen (secondary N) is 9. The number of amidine groups is 2. The molecule has 0 unspecified atom stereocenters. The molecule has 3 rings (SSSR count). The van der Waals surface area contributed by atoms with E-state index in [4.69, 9.17) is 23.8 Å². The molecule has 486 valence electrons. The molecule has 2 aromatic rings. The summed E-state index contributed by atoms with van der Waals surface area (Å²) in [5, 5.41) is 39.0. The third-order valence-corrected chi connectivity index (χ3v) is 6.76. The van der Waals surface area contributed by atoms with Gasteiger partial charge in [-0.15, -0.1) is 0 Å². The van der Waals surface area contributed by atoms with Crippen molar-refractivity contribution < 1.29 is 47.9 Å². The summed E-state index contributed by atoms with van der Waals surface area (Å²) < 4.78 is 0. The lowest BCUT2D eigenvalue weighted by Crippen LogP contribution is -2.30. The van der Waals surface area contributed by atoms with Crippen LogP contribution in [0.1, 0.15) is 131 Å². The van der Waals surface area contributed by atoms with Crippen molar-refractivity contribution in [1.82, 2.24) is 63.6 Å². The number of hydrogen-bond donors (Lipinski definition) is 15. The summed E-state index contributed by atoms with van der Waals surface area (Å²) in [6.07, 6.45) is 4.57. The van der Waals surface area contributed by atoms with E-state index in [0.29, 0.717) is 22.6 Å². The van der Waals surface area contributed by atoms with E-state index in [1.165, 1.54) is 34.2 Å². The van der Waals surface area contributed by atoms with E-state index >= 15 is 0 Å². The number of hydrogen-bond acceptors (Lipinski definition) is 20. The molecule has 1 saturated heterocycles. The molecule has 21 N–H and O–H groups in total. The fraction of sp³-hybridized carbons (Fsp3) is 0.380. The van der Waals surface area contributed by atoms with Crippen LogP contribution in [0.2, 0.25) is 0 Å². The van der Waals surface area contributed by atoms with Gasteiger partial charge >= 0.3 is 36.2 Å². The molecule has 2 heterocycles. The lowest BCUT2D eigenvalue weighted by molar-refractivity contribution is -0.119. The number of carbonyl (C=O) groups is 10. The predicted octanol–water partition coefficient (Wildman–Crippen LogP) is 2.28. The number of imide groups is 1. The summed E-state index contributed by atoms with van der Waals surface area (Å²) in [6, 6.07) is 6.32. The number of aromatic nitrogens is 1. The van der Waals surface area contributed by atoms with Crippen LogP contribution in [0.25, 0.3) is 4.85 Å². The normalized spacial score (nSPS) is 10.0. The average molecular weight is 1240 g/mol. The fourth-order valence-corrected chi connectivity index (χ4v) is 3.57. The summed E-state index contributed by atoms with van der Waals surface area (Å²) in [4.78, 5) is 111. The van der Waals surface area contributed by atoms with Crippen LogP contribution in [-0.4, -0.2) is 148 Å². The second-order valence-corrected chi connectivity index (χ2v) is 17.1. The minimum Gasteiger partial charge on any atom is -0.386 e. The van der Waals surface area contributed by atoms with Gasteiger partial charge in [0, 0.05) is 85.0 Å². The van der Waals surface area contributed by atoms with E-state index < -0.39 is 30.2 Å². The molecular formula is C50H86N28O10. The minimum absolute atomic E-state index is 0.0318. The largest absolute Gasteiger partial charge is 0.386 e. The highest BCUT2D eigenvalue weighted by Gasteiger charge is 2.26. The van der Waals surface area contributed by atoms with Crippen LogP contribution in [0.4, 0.5) is 34.5 Å². The van der Waals surface area contributed by atoms with Crippen LogP contribution in [0, 0.1) is 6.57 Å². The molecule has 1 aromatic carbocycles. The monoisotopic (exact) mass is 1240 g/mol. The van der Waals surface area contributed by atoms with Gasteiger partial charge in [-0.3, -0.25) is 29.5 Å². The fourth-order valence-electron chi connectivity index (χ4n) is 3.57. The Bertz CT molecular complexity index is 2750. The first-order valence-corrected chi connectivity index (χ1v) is 25.0. The second-order valence-electron chi connectivity index (χ2n) is 17.1. The smallest absolute Gasteiger partial charge is 0.344 e. The van der Waals surface area contributed by atoms with Gasteiger partial charge in [-0.05, 0) is 116 Å². The van der Waals surface area contributed by atoms with E-state index in [-0.39, 0.29) is 42.0 Å². The van der Waals surface area contributed by atoms with Crippen molar-refractivity contribution in [3.05, 3.63) is 71.3 Å². The van der Waals surface area contributed by atoms with Gasteiger partial charge in [0.05, 0.1) is 6.57 Å². The molecule has 1 fully saturated rings. The van der Waals surface area contributed by atoms with Crippen LogP contribution in [0.5, 0.6) is 0 Å². The van der Waals surface area contributed by atoms with Gasteiger partial charge in [-0.2, -0.15) is 45.9 Å². The number of carbonyl (C=O) groups excluding carboxylic acids is 10. The molecule has 1 aliphatic rings. The third-order valence-electron chi connectivity index (χ3n) is 6.76. The zero-order valence-corrected chi connectivity index (χ0v) is 52.8. The van der Waals surface area contributed by atoms with Gasteiger partial charge in [-0.1, -0.05) is 24.3 Å². The van der Waals surface area contributed by atoms with Gasteiger partial charge in [0.15, 0.2) is 5.69 Å². The highest BCUT2D eigenvalue weighted by atomic mass is 16.2. The topological polar surface area (TPSA) is 570 Å². The second kappa shape index (κ2) is 54.4. The third kappa shape index (κ3) is 68.5. The Hall–Kier alpha value is -11.8. The van der Waals surface area contributed by atoms with Crippen molar-refractivity contribution in [2.75, 3.05) is 20.6 Å². The van der Waals surface area contributed by atoms with Crippen LogP contribution < -0.4 is 83.0 Å². The number of primary amides is 4. The molecule has 1 aliphatic heterocycles. The number of rotatable bonds is 11. The maximum Gasteiger partial charge on any atom is 0.344 e. The Kier molecular flexibility index (Phi) is 54.1. The van der Waals surface area contributed by atoms with Gasteiger partial charge in [0.25, 0.3) is 11.8 Å².